The molecule has 38 heavy (non-hydrogen) atoms. The van der Waals surface area contributed by atoms with Gasteiger partial charge in [0.25, 0.3) is 5.91 Å². The molecule has 5 aromatic rings. The molecule has 1 heterocycles. The Balaban J connectivity index is 1.32. The quantitative estimate of drug-likeness (QED) is 0.150. The summed E-state index contributed by atoms with van der Waals surface area (Å²) in [5, 5.41) is 5.55. The number of hydrogen-bond acceptors (Lipinski definition) is 4. The molecule has 0 aliphatic rings. The topological polar surface area (TPSA) is 63.6 Å². The Labute approximate surface area is 238 Å². The molecule has 4 aromatic carbocycles. The van der Waals surface area contributed by atoms with Crippen LogP contribution in [0.4, 0.5) is 0 Å². The Hall–Kier alpha value is -3.71. The second-order valence-corrected chi connectivity index (χ2v) is 10.1. The van der Waals surface area contributed by atoms with E-state index in [-0.39, 0.29) is 5.91 Å². The van der Waals surface area contributed by atoms with E-state index in [1.54, 1.807) is 18.2 Å². The number of carbonyl (C=O) groups is 1. The molecule has 1 aromatic heterocycles. The van der Waals surface area contributed by atoms with Gasteiger partial charge in [-0.2, -0.15) is 5.10 Å². The number of hydrazone groups is 1. The van der Waals surface area contributed by atoms with Crippen molar-refractivity contribution in [3.8, 4) is 17.0 Å². The van der Waals surface area contributed by atoms with Crippen LogP contribution in [0.25, 0.3) is 22.2 Å². The average Bonchev–Trinajstić information content (AvgIpc) is 2.93. The lowest BCUT2D eigenvalue weighted by molar-refractivity contribution is 0.0956. The van der Waals surface area contributed by atoms with Crippen molar-refractivity contribution in [2.24, 2.45) is 5.10 Å². The predicted molar refractivity (Wildman–Crippen MR) is 157 cm³/mol. The summed E-state index contributed by atoms with van der Waals surface area (Å²) in [4.78, 5) is 17.9. The minimum Gasteiger partial charge on any atom is -0.486 e. The van der Waals surface area contributed by atoms with E-state index in [9.17, 15) is 4.79 Å². The minimum absolute atomic E-state index is 0.321. The molecular weight excluding hydrogens is 585 g/mol. The van der Waals surface area contributed by atoms with Crippen molar-refractivity contribution in [1.29, 1.82) is 0 Å². The summed E-state index contributed by atoms with van der Waals surface area (Å²) < 4.78 is 6.83. The second-order valence-electron chi connectivity index (χ2n) is 8.37. The molecule has 5 nitrogen and oxygen atoms in total. The van der Waals surface area contributed by atoms with Gasteiger partial charge in [0.1, 0.15) is 6.61 Å². The Kier molecular flexibility index (Phi) is 8.03. The summed E-state index contributed by atoms with van der Waals surface area (Å²) in [5.41, 5.74) is 7.01. The number of aromatic nitrogens is 1. The van der Waals surface area contributed by atoms with E-state index in [1.807, 2.05) is 78.9 Å². The lowest BCUT2D eigenvalue weighted by Gasteiger charge is -2.11. The summed E-state index contributed by atoms with van der Waals surface area (Å²) >= 11 is 16.3. The number of nitrogens with zero attached hydrogens (tertiary/aromatic N) is 2. The van der Waals surface area contributed by atoms with Gasteiger partial charge in [-0.1, -0.05) is 99.8 Å². The van der Waals surface area contributed by atoms with Crippen LogP contribution >= 0.6 is 39.1 Å². The Bertz CT molecular complexity index is 1620. The van der Waals surface area contributed by atoms with Crippen LogP contribution in [0.1, 0.15) is 21.5 Å². The van der Waals surface area contributed by atoms with E-state index in [4.69, 9.17) is 32.9 Å². The molecule has 0 saturated heterocycles. The highest BCUT2D eigenvalue weighted by Crippen LogP contribution is 2.34. The maximum Gasteiger partial charge on any atom is 0.272 e. The van der Waals surface area contributed by atoms with E-state index in [2.05, 4.69) is 26.5 Å². The second kappa shape index (κ2) is 11.8. The first-order valence-electron chi connectivity index (χ1n) is 11.6. The monoisotopic (exact) mass is 603 g/mol. The van der Waals surface area contributed by atoms with Crippen molar-refractivity contribution in [1.82, 2.24) is 10.4 Å². The molecule has 8 heteroatoms. The number of pyridine rings is 1. The standard InChI is InChI=1S/C30H20BrCl2N3O2/c31-22-12-10-19(11-13-22)18-38-29-25(32)14-20(15-26(29)33)17-34-36-30(37)24-16-28(21-6-2-1-3-7-21)35-27-9-5-4-8-23(24)27/h1-17H,18H2,(H,36,37)/b34-17+. The fourth-order valence-corrected chi connectivity index (χ4v) is 4.75. The highest BCUT2D eigenvalue weighted by atomic mass is 79.9. The lowest BCUT2D eigenvalue weighted by atomic mass is 10.0. The summed E-state index contributed by atoms with van der Waals surface area (Å²) in [5.74, 6) is 0.0258. The Morgan fingerprint density at radius 1 is 0.921 bits per heavy atom. The van der Waals surface area contributed by atoms with Crippen molar-refractivity contribution < 1.29 is 9.53 Å². The van der Waals surface area contributed by atoms with Gasteiger partial charge >= 0.3 is 0 Å². The van der Waals surface area contributed by atoms with Gasteiger partial charge in [0, 0.05) is 15.4 Å². The normalized spacial score (nSPS) is 11.1. The maximum atomic E-state index is 13.1. The van der Waals surface area contributed by atoms with E-state index in [1.165, 1.54) is 6.21 Å². The molecule has 0 fully saturated rings. The van der Waals surface area contributed by atoms with E-state index >= 15 is 0 Å². The largest absolute Gasteiger partial charge is 0.486 e. The van der Waals surface area contributed by atoms with Crippen molar-refractivity contribution in [2.75, 3.05) is 0 Å². The first-order chi connectivity index (χ1) is 18.5. The highest BCUT2D eigenvalue weighted by molar-refractivity contribution is 9.10. The molecule has 0 aliphatic heterocycles. The summed E-state index contributed by atoms with van der Waals surface area (Å²) in [6.45, 7) is 0.321. The van der Waals surface area contributed by atoms with Crippen LogP contribution in [0.3, 0.4) is 0 Å². The van der Waals surface area contributed by atoms with Gasteiger partial charge in [0.2, 0.25) is 0 Å². The lowest BCUT2D eigenvalue weighted by Crippen LogP contribution is -2.18. The third kappa shape index (κ3) is 6.05. The van der Waals surface area contributed by atoms with Crippen LogP contribution in [0.2, 0.25) is 10.0 Å². The maximum absolute atomic E-state index is 13.1. The summed E-state index contributed by atoms with van der Waals surface area (Å²) in [7, 11) is 0. The van der Waals surface area contributed by atoms with Crippen LogP contribution in [0, 0.1) is 0 Å². The first-order valence-corrected chi connectivity index (χ1v) is 13.2. The SMILES string of the molecule is O=C(N/N=C/c1cc(Cl)c(OCc2ccc(Br)cc2)c(Cl)c1)c1cc(-c2ccccc2)nc2ccccc12. The fraction of sp³-hybridized carbons (Fsp3) is 0.0333. The number of nitrogens with one attached hydrogen (secondary N) is 1. The predicted octanol–water partition coefficient (Wildman–Crippen LogP) is 8.31. The number of rotatable bonds is 7. The van der Waals surface area contributed by atoms with E-state index in [0.29, 0.717) is 39.2 Å². The van der Waals surface area contributed by atoms with Crippen LogP contribution < -0.4 is 10.2 Å². The zero-order valence-electron chi connectivity index (χ0n) is 19.9. The molecule has 0 unspecified atom stereocenters. The molecule has 188 valence electrons. The van der Waals surface area contributed by atoms with Gasteiger partial charge in [0.15, 0.2) is 5.75 Å². The molecule has 0 spiro atoms. The number of ether oxygens (including phenoxy) is 1. The van der Waals surface area contributed by atoms with Crippen molar-refractivity contribution in [3.05, 3.63) is 128 Å². The van der Waals surface area contributed by atoms with Crippen LogP contribution in [-0.2, 0) is 6.61 Å². The van der Waals surface area contributed by atoms with Gasteiger partial charge in [-0.25, -0.2) is 10.4 Å². The summed E-state index contributed by atoms with van der Waals surface area (Å²) in [6, 6.07) is 30.1. The zero-order chi connectivity index (χ0) is 26.5. The molecule has 0 radical (unpaired) electrons. The van der Waals surface area contributed by atoms with Gasteiger partial charge in [-0.05, 0) is 47.5 Å². The molecule has 0 saturated carbocycles. The molecule has 1 amide bonds. The smallest absolute Gasteiger partial charge is 0.272 e. The van der Waals surface area contributed by atoms with Gasteiger partial charge in [-0.3, -0.25) is 4.79 Å². The van der Waals surface area contributed by atoms with Crippen molar-refractivity contribution in [3.63, 3.8) is 0 Å². The Morgan fingerprint density at radius 3 is 2.34 bits per heavy atom. The third-order valence-corrected chi connectivity index (χ3v) is 6.82. The number of para-hydroxylation sites is 1. The number of fused-ring (bicyclic) bond motifs is 1. The minimum atomic E-state index is -0.358. The van der Waals surface area contributed by atoms with Gasteiger partial charge in [-0.15, -0.1) is 0 Å². The molecular formula is C30H20BrCl2N3O2. The van der Waals surface area contributed by atoms with E-state index < -0.39 is 0 Å². The molecule has 0 bridgehead atoms. The number of benzene rings is 4. The first kappa shape index (κ1) is 25.9. The van der Waals surface area contributed by atoms with Gasteiger partial charge < -0.3 is 4.74 Å². The summed E-state index contributed by atoms with van der Waals surface area (Å²) in [6.07, 6.45) is 1.48. The molecule has 0 aliphatic carbocycles. The van der Waals surface area contributed by atoms with Crippen molar-refractivity contribution >= 4 is 62.2 Å². The number of carbonyl (C=O) groups excluding carboxylic acids is 1. The molecule has 1 N–H and O–H groups in total. The van der Waals surface area contributed by atoms with Crippen LogP contribution in [0.15, 0.2) is 107 Å². The fourth-order valence-electron chi connectivity index (χ4n) is 3.87. The van der Waals surface area contributed by atoms with Gasteiger partial charge in [0.05, 0.1) is 33.0 Å². The molecule has 5 rings (SSSR count). The average molecular weight is 605 g/mol. The number of amides is 1. The number of halogens is 3. The Morgan fingerprint density at radius 2 is 1.61 bits per heavy atom. The number of hydrogen-bond donors (Lipinski definition) is 1. The van der Waals surface area contributed by atoms with E-state index in [0.717, 1.165) is 26.5 Å². The third-order valence-electron chi connectivity index (χ3n) is 5.73. The van der Waals surface area contributed by atoms with Crippen molar-refractivity contribution in [2.45, 2.75) is 6.61 Å². The van der Waals surface area contributed by atoms with Crippen LogP contribution in [0.5, 0.6) is 5.75 Å². The molecule has 0 atom stereocenters. The zero-order valence-corrected chi connectivity index (χ0v) is 23.0. The van der Waals surface area contributed by atoms with Crippen LogP contribution in [-0.4, -0.2) is 17.1 Å². The highest BCUT2D eigenvalue weighted by Gasteiger charge is 2.14.